The molecule has 0 spiro atoms. The van der Waals surface area contributed by atoms with Crippen molar-refractivity contribution in [2.24, 2.45) is 5.73 Å². The van der Waals surface area contributed by atoms with Crippen LogP contribution in [0.1, 0.15) is 43.4 Å². The Morgan fingerprint density at radius 3 is 2.81 bits per heavy atom. The van der Waals surface area contributed by atoms with Crippen LogP contribution in [0.15, 0.2) is 12.4 Å². The number of fused-ring (bicyclic) bond motifs is 1. The van der Waals surface area contributed by atoms with E-state index in [4.69, 9.17) is 5.73 Å². The molecule has 0 atom stereocenters. The second kappa shape index (κ2) is 3.63. The quantitative estimate of drug-likeness (QED) is 0.855. The number of nitrogens with two attached hydrogens (primary N) is 1. The van der Waals surface area contributed by atoms with E-state index >= 15 is 0 Å². The zero-order valence-corrected chi connectivity index (χ0v) is 9.69. The van der Waals surface area contributed by atoms with E-state index < -0.39 is 0 Å². The van der Waals surface area contributed by atoms with Crippen LogP contribution in [0.4, 0.5) is 0 Å². The van der Waals surface area contributed by atoms with Crippen LogP contribution in [0.25, 0.3) is 5.65 Å². The summed E-state index contributed by atoms with van der Waals surface area (Å²) in [6.07, 6.45) is 8.00. The van der Waals surface area contributed by atoms with Gasteiger partial charge in [0, 0.05) is 37.0 Å². The number of aryl methyl sites for hydroxylation is 1. The minimum absolute atomic E-state index is 0.597. The fourth-order valence-corrected chi connectivity index (χ4v) is 2.56. The topological polar surface area (TPSA) is 48.2 Å². The van der Waals surface area contributed by atoms with Gasteiger partial charge in [0.2, 0.25) is 0 Å². The van der Waals surface area contributed by atoms with Gasteiger partial charge in [0.1, 0.15) is 5.65 Å². The highest BCUT2D eigenvalue weighted by Gasteiger charge is 2.26. The van der Waals surface area contributed by atoms with Crippen LogP contribution in [-0.2, 0) is 13.1 Å². The van der Waals surface area contributed by atoms with E-state index in [9.17, 15) is 0 Å². The van der Waals surface area contributed by atoms with Gasteiger partial charge in [-0.15, -0.1) is 0 Å². The van der Waals surface area contributed by atoms with Gasteiger partial charge in [0.15, 0.2) is 0 Å². The molecule has 3 rings (SSSR count). The van der Waals surface area contributed by atoms with Gasteiger partial charge in [-0.2, -0.15) is 5.10 Å². The lowest BCUT2D eigenvalue weighted by Crippen LogP contribution is -2.13. The normalized spacial score (nSPS) is 16.9. The number of hydrogen-bond acceptors (Lipinski definition) is 2. The fourth-order valence-electron chi connectivity index (χ4n) is 2.56. The van der Waals surface area contributed by atoms with Gasteiger partial charge in [-0.05, 0) is 19.8 Å². The summed E-state index contributed by atoms with van der Waals surface area (Å²) < 4.78 is 4.21. The molecule has 1 aliphatic carbocycles. The van der Waals surface area contributed by atoms with Crippen LogP contribution < -0.4 is 5.73 Å². The Bertz CT molecular complexity index is 504. The average molecular weight is 218 g/mol. The summed E-state index contributed by atoms with van der Waals surface area (Å²) in [5.74, 6) is 0.656. The van der Waals surface area contributed by atoms with Gasteiger partial charge in [-0.1, -0.05) is 6.42 Å². The molecule has 1 aliphatic rings. The Morgan fingerprint density at radius 1 is 1.44 bits per heavy atom. The first-order valence-electron chi connectivity index (χ1n) is 6.11. The monoisotopic (exact) mass is 218 g/mol. The van der Waals surface area contributed by atoms with Crippen LogP contribution in [-0.4, -0.2) is 14.2 Å². The fraction of sp³-hybridized carbons (Fsp3) is 0.583. The maximum absolute atomic E-state index is 5.89. The standard InChI is InChI=1S/C12H18N4/c1-2-15-6-7-16-12(15)10(8-13)11(14-16)9-4-3-5-9/h6-7,9H,2-5,8,13H2,1H3. The van der Waals surface area contributed by atoms with Crippen molar-refractivity contribution in [3.8, 4) is 0 Å². The molecule has 0 bridgehead atoms. The summed E-state index contributed by atoms with van der Waals surface area (Å²) in [5.41, 5.74) is 9.57. The van der Waals surface area contributed by atoms with Crippen molar-refractivity contribution in [3.05, 3.63) is 23.7 Å². The highest BCUT2D eigenvalue weighted by molar-refractivity contribution is 5.52. The van der Waals surface area contributed by atoms with Crippen molar-refractivity contribution >= 4 is 5.65 Å². The number of imidazole rings is 1. The van der Waals surface area contributed by atoms with Gasteiger partial charge >= 0.3 is 0 Å². The smallest absolute Gasteiger partial charge is 0.140 e. The molecule has 2 heterocycles. The molecule has 16 heavy (non-hydrogen) atoms. The van der Waals surface area contributed by atoms with Crippen LogP contribution >= 0.6 is 0 Å². The molecule has 0 aliphatic heterocycles. The summed E-state index contributed by atoms with van der Waals surface area (Å²) in [5, 5.41) is 4.69. The lowest BCUT2D eigenvalue weighted by molar-refractivity contribution is 0.407. The third-order valence-electron chi connectivity index (χ3n) is 3.71. The number of nitrogens with zero attached hydrogens (tertiary/aromatic N) is 3. The summed E-state index contributed by atoms with van der Waals surface area (Å²) in [7, 11) is 0. The summed E-state index contributed by atoms with van der Waals surface area (Å²) >= 11 is 0. The van der Waals surface area contributed by atoms with E-state index in [1.165, 1.54) is 36.2 Å². The summed E-state index contributed by atoms with van der Waals surface area (Å²) in [6, 6.07) is 0. The molecular formula is C12H18N4. The summed E-state index contributed by atoms with van der Waals surface area (Å²) in [4.78, 5) is 0. The van der Waals surface area contributed by atoms with Crippen molar-refractivity contribution in [1.82, 2.24) is 14.2 Å². The van der Waals surface area contributed by atoms with E-state index in [1.807, 2.05) is 10.7 Å². The van der Waals surface area contributed by atoms with Crippen LogP contribution in [0, 0.1) is 0 Å². The third-order valence-corrected chi connectivity index (χ3v) is 3.71. The first-order valence-corrected chi connectivity index (χ1v) is 6.11. The molecule has 0 saturated heterocycles. The molecule has 4 nitrogen and oxygen atoms in total. The van der Waals surface area contributed by atoms with Crippen molar-refractivity contribution in [2.45, 2.75) is 45.2 Å². The van der Waals surface area contributed by atoms with Gasteiger partial charge in [0.25, 0.3) is 0 Å². The molecule has 86 valence electrons. The molecule has 0 aromatic carbocycles. The molecule has 1 fully saturated rings. The zero-order valence-electron chi connectivity index (χ0n) is 9.69. The Kier molecular flexibility index (Phi) is 2.24. The Labute approximate surface area is 95.0 Å². The summed E-state index contributed by atoms with van der Waals surface area (Å²) in [6.45, 7) is 3.72. The van der Waals surface area contributed by atoms with Crippen molar-refractivity contribution in [3.63, 3.8) is 0 Å². The van der Waals surface area contributed by atoms with Crippen LogP contribution in [0.3, 0.4) is 0 Å². The molecule has 0 radical (unpaired) electrons. The number of aromatic nitrogens is 3. The maximum Gasteiger partial charge on any atom is 0.140 e. The molecule has 0 amide bonds. The molecule has 0 unspecified atom stereocenters. The van der Waals surface area contributed by atoms with Crippen molar-refractivity contribution in [1.29, 1.82) is 0 Å². The van der Waals surface area contributed by atoms with Gasteiger partial charge < -0.3 is 10.3 Å². The predicted molar refractivity (Wildman–Crippen MR) is 63.3 cm³/mol. The first kappa shape index (κ1) is 9.90. The molecular weight excluding hydrogens is 200 g/mol. The van der Waals surface area contributed by atoms with E-state index in [-0.39, 0.29) is 0 Å². The Balaban J connectivity index is 2.17. The SMILES string of the molecule is CCn1ccn2nc(C3CCC3)c(CN)c12. The second-order valence-electron chi connectivity index (χ2n) is 4.55. The predicted octanol–water partition coefficient (Wildman–Crippen LogP) is 1.88. The Hall–Kier alpha value is -1.29. The lowest BCUT2D eigenvalue weighted by atomic mass is 9.81. The minimum atomic E-state index is 0.597. The zero-order chi connectivity index (χ0) is 11.1. The number of rotatable bonds is 3. The van der Waals surface area contributed by atoms with Crippen LogP contribution in [0.2, 0.25) is 0 Å². The van der Waals surface area contributed by atoms with Gasteiger partial charge in [-0.25, -0.2) is 4.52 Å². The maximum atomic E-state index is 5.89. The van der Waals surface area contributed by atoms with Gasteiger partial charge in [0.05, 0.1) is 5.69 Å². The average Bonchev–Trinajstić information content (AvgIpc) is 2.73. The highest BCUT2D eigenvalue weighted by atomic mass is 15.3. The first-order chi connectivity index (χ1) is 7.85. The third kappa shape index (κ3) is 1.23. The highest BCUT2D eigenvalue weighted by Crippen LogP contribution is 2.38. The largest absolute Gasteiger partial charge is 0.331 e. The second-order valence-corrected chi connectivity index (χ2v) is 4.55. The van der Waals surface area contributed by atoms with Crippen LogP contribution in [0.5, 0.6) is 0 Å². The van der Waals surface area contributed by atoms with Crippen molar-refractivity contribution in [2.75, 3.05) is 0 Å². The molecule has 2 aromatic heterocycles. The molecule has 2 aromatic rings. The van der Waals surface area contributed by atoms with E-state index in [0.29, 0.717) is 12.5 Å². The minimum Gasteiger partial charge on any atom is -0.331 e. The molecule has 1 saturated carbocycles. The van der Waals surface area contributed by atoms with Crippen molar-refractivity contribution < 1.29 is 0 Å². The lowest BCUT2D eigenvalue weighted by Gasteiger charge is -2.24. The van der Waals surface area contributed by atoms with Gasteiger partial charge in [-0.3, -0.25) is 0 Å². The number of hydrogen-bond donors (Lipinski definition) is 1. The Morgan fingerprint density at radius 2 is 2.25 bits per heavy atom. The van der Waals surface area contributed by atoms with E-state index in [2.05, 4.69) is 22.8 Å². The molecule has 4 heteroatoms. The molecule has 2 N–H and O–H groups in total. The van der Waals surface area contributed by atoms with E-state index in [0.717, 1.165) is 6.54 Å². The van der Waals surface area contributed by atoms with E-state index in [1.54, 1.807) is 0 Å².